The number of rotatable bonds is 3. The summed E-state index contributed by atoms with van der Waals surface area (Å²) in [4.78, 5) is 11.3. The first-order valence-corrected chi connectivity index (χ1v) is 8.59. The molecule has 0 spiro atoms. The summed E-state index contributed by atoms with van der Waals surface area (Å²) in [6.07, 6.45) is 5.03. The number of hydrogen-bond acceptors (Lipinski definition) is 5. The number of anilines is 1. The van der Waals surface area contributed by atoms with E-state index in [1.165, 1.54) is 7.11 Å². The lowest BCUT2D eigenvalue weighted by Gasteiger charge is -2.38. The lowest BCUT2D eigenvalue weighted by molar-refractivity contribution is -0.385. The molecule has 3 unspecified atom stereocenters. The van der Waals surface area contributed by atoms with Gasteiger partial charge in [-0.15, -0.1) is 0 Å². The number of nitrogens with one attached hydrogen (secondary N) is 1. The van der Waals surface area contributed by atoms with Gasteiger partial charge in [-0.2, -0.15) is 0 Å². The van der Waals surface area contributed by atoms with Crippen LogP contribution in [-0.4, -0.2) is 17.1 Å². The van der Waals surface area contributed by atoms with Gasteiger partial charge in [0.25, 0.3) is 5.69 Å². The van der Waals surface area contributed by atoms with Gasteiger partial charge in [-0.25, -0.2) is 0 Å². The number of aromatic hydroxyl groups is 1. The Kier molecular flexibility index (Phi) is 3.83. The zero-order chi connectivity index (χ0) is 18.4. The summed E-state index contributed by atoms with van der Waals surface area (Å²) < 4.78 is 5.25. The quantitative estimate of drug-likeness (QED) is 0.484. The fourth-order valence-corrected chi connectivity index (χ4v) is 4.21. The molecule has 0 saturated carbocycles. The van der Waals surface area contributed by atoms with E-state index in [-0.39, 0.29) is 34.2 Å². The van der Waals surface area contributed by atoms with Crippen LogP contribution in [0.1, 0.15) is 35.1 Å². The minimum absolute atomic E-state index is 0.00338. The molecule has 6 nitrogen and oxygen atoms in total. The second-order valence-corrected chi connectivity index (χ2v) is 6.85. The van der Waals surface area contributed by atoms with Gasteiger partial charge in [-0.1, -0.05) is 24.3 Å². The van der Waals surface area contributed by atoms with Gasteiger partial charge in [-0.3, -0.25) is 10.1 Å². The Morgan fingerprint density at radius 1 is 1.31 bits per heavy atom. The maximum Gasteiger partial charge on any atom is 0.275 e. The van der Waals surface area contributed by atoms with Crippen molar-refractivity contribution in [2.24, 2.45) is 5.92 Å². The number of nitro groups is 1. The Balaban J connectivity index is 1.85. The van der Waals surface area contributed by atoms with Gasteiger partial charge >= 0.3 is 0 Å². The zero-order valence-corrected chi connectivity index (χ0v) is 14.6. The molecule has 4 rings (SSSR count). The molecule has 0 aromatic heterocycles. The number of phenols is 1. The second-order valence-electron chi connectivity index (χ2n) is 6.85. The van der Waals surface area contributed by atoms with E-state index in [0.29, 0.717) is 5.75 Å². The molecule has 2 aromatic carbocycles. The Hall–Kier alpha value is -3.02. The fourth-order valence-electron chi connectivity index (χ4n) is 4.21. The summed E-state index contributed by atoms with van der Waals surface area (Å²) in [7, 11) is 1.52. The lowest BCUT2D eigenvalue weighted by Crippen LogP contribution is -2.30. The van der Waals surface area contributed by atoms with Crippen molar-refractivity contribution in [3.63, 3.8) is 0 Å². The van der Waals surface area contributed by atoms with Gasteiger partial charge in [0.1, 0.15) is 0 Å². The molecular formula is C20H20N2O4. The fraction of sp³-hybridized carbons (Fsp3) is 0.300. The Morgan fingerprint density at radius 2 is 2.12 bits per heavy atom. The first kappa shape index (κ1) is 16.4. The number of hydrogen-bond donors (Lipinski definition) is 2. The van der Waals surface area contributed by atoms with Crippen LogP contribution < -0.4 is 10.1 Å². The number of aryl methyl sites for hydroxylation is 1. The van der Waals surface area contributed by atoms with E-state index in [1.54, 1.807) is 18.2 Å². The lowest BCUT2D eigenvalue weighted by atomic mass is 9.75. The van der Waals surface area contributed by atoms with Crippen molar-refractivity contribution in [1.82, 2.24) is 0 Å². The monoisotopic (exact) mass is 352 g/mol. The minimum Gasteiger partial charge on any atom is -0.504 e. The average molecular weight is 352 g/mol. The number of nitro benzene ring substituents is 1. The molecule has 0 saturated heterocycles. The normalized spacial score (nSPS) is 23.1. The van der Waals surface area contributed by atoms with Gasteiger partial charge in [0.05, 0.1) is 23.6 Å². The average Bonchev–Trinajstić information content (AvgIpc) is 3.11. The zero-order valence-electron chi connectivity index (χ0n) is 14.6. The van der Waals surface area contributed by atoms with Crippen LogP contribution in [-0.2, 0) is 0 Å². The molecular weight excluding hydrogens is 332 g/mol. The third-order valence-electron chi connectivity index (χ3n) is 5.46. The van der Waals surface area contributed by atoms with Crippen LogP contribution in [0.4, 0.5) is 11.4 Å². The summed E-state index contributed by atoms with van der Waals surface area (Å²) in [5, 5.41) is 25.0. The first-order valence-electron chi connectivity index (χ1n) is 8.59. The topological polar surface area (TPSA) is 84.6 Å². The molecule has 134 valence electrons. The van der Waals surface area contributed by atoms with Gasteiger partial charge in [0.15, 0.2) is 11.5 Å². The van der Waals surface area contributed by atoms with Crippen LogP contribution in [0.5, 0.6) is 11.5 Å². The molecule has 0 amide bonds. The molecule has 2 N–H and O–H groups in total. The van der Waals surface area contributed by atoms with Crippen molar-refractivity contribution in [3.05, 3.63) is 69.3 Å². The number of fused-ring (bicyclic) bond motifs is 3. The summed E-state index contributed by atoms with van der Waals surface area (Å²) in [5.41, 5.74) is 3.76. The summed E-state index contributed by atoms with van der Waals surface area (Å²) >= 11 is 0. The number of benzene rings is 2. The van der Waals surface area contributed by atoms with Crippen LogP contribution in [0.15, 0.2) is 42.5 Å². The molecule has 6 heteroatoms. The van der Waals surface area contributed by atoms with Crippen molar-refractivity contribution in [2.45, 2.75) is 25.3 Å². The Morgan fingerprint density at radius 3 is 2.85 bits per heavy atom. The van der Waals surface area contributed by atoms with E-state index in [0.717, 1.165) is 28.8 Å². The van der Waals surface area contributed by atoms with E-state index in [1.807, 2.05) is 19.1 Å². The van der Waals surface area contributed by atoms with Crippen molar-refractivity contribution in [1.29, 1.82) is 0 Å². The highest BCUT2D eigenvalue weighted by molar-refractivity contribution is 5.70. The van der Waals surface area contributed by atoms with E-state index in [2.05, 4.69) is 17.5 Å². The summed E-state index contributed by atoms with van der Waals surface area (Å²) in [6.45, 7) is 1.96. The summed E-state index contributed by atoms with van der Waals surface area (Å²) in [5.74, 6) is 0.697. The molecule has 2 aliphatic rings. The summed E-state index contributed by atoms with van der Waals surface area (Å²) in [6, 6.07) is 8.71. The molecule has 0 fully saturated rings. The molecule has 1 aliphatic heterocycles. The first-order chi connectivity index (χ1) is 12.5. The molecule has 1 heterocycles. The smallest absolute Gasteiger partial charge is 0.275 e. The van der Waals surface area contributed by atoms with E-state index in [4.69, 9.17) is 4.74 Å². The predicted molar refractivity (Wildman–Crippen MR) is 98.8 cm³/mol. The van der Waals surface area contributed by atoms with Crippen molar-refractivity contribution >= 4 is 11.4 Å². The van der Waals surface area contributed by atoms with Crippen LogP contribution >= 0.6 is 0 Å². The highest BCUT2D eigenvalue weighted by Gasteiger charge is 2.42. The van der Waals surface area contributed by atoms with Crippen molar-refractivity contribution < 1.29 is 14.8 Å². The number of nitrogens with zero attached hydrogens (tertiary/aromatic N) is 1. The molecule has 0 radical (unpaired) electrons. The van der Waals surface area contributed by atoms with E-state index >= 15 is 0 Å². The van der Waals surface area contributed by atoms with E-state index < -0.39 is 0 Å². The van der Waals surface area contributed by atoms with Crippen LogP contribution in [0.3, 0.4) is 0 Å². The van der Waals surface area contributed by atoms with Crippen LogP contribution in [0.25, 0.3) is 0 Å². The van der Waals surface area contributed by atoms with Crippen molar-refractivity contribution in [3.8, 4) is 11.5 Å². The third kappa shape index (κ3) is 2.41. The number of allylic oxidation sites excluding steroid dienone is 2. The molecule has 3 atom stereocenters. The van der Waals surface area contributed by atoms with Gasteiger partial charge in [0.2, 0.25) is 0 Å². The van der Waals surface area contributed by atoms with Crippen LogP contribution in [0, 0.1) is 23.0 Å². The third-order valence-corrected chi connectivity index (χ3v) is 5.46. The number of methoxy groups -OCH3 is 1. The molecule has 2 aromatic rings. The van der Waals surface area contributed by atoms with Gasteiger partial charge in [-0.05, 0) is 42.5 Å². The highest BCUT2D eigenvalue weighted by Crippen LogP contribution is 2.53. The highest BCUT2D eigenvalue weighted by atomic mass is 16.6. The predicted octanol–water partition coefficient (Wildman–Crippen LogP) is 4.44. The largest absolute Gasteiger partial charge is 0.504 e. The Labute approximate surface area is 151 Å². The SMILES string of the molecule is COc1cc(C2Nc3c(C)ccc([N+](=O)[O-])c3C3C=CCC32)ccc1O. The van der Waals surface area contributed by atoms with Gasteiger partial charge < -0.3 is 15.2 Å². The van der Waals surface area contributed by atoms with Crippen LogP contribution in [0.2, 0.25) is 0 Å². The molecule has 1 aliphatic carbocycles. The van der Waals surface area contributed by atoms with Gasteiger partial charge in [0, 0.05) is 17.7 Å². The maximum atomic E-state index is 11.6. The number of phenolic OH excluding ortho intramolecular Hbond substituents is 1. The molecule has 26 heavy (non-hydrogen) atoms. The molecule has 0 bridgehead atoms. The second kappa shape index (κ2) is 6.05. The standard InChI is InChI=1S/C20H20N2O4/c1-11-6-8-15(22(24)25)18-13-4-3-5-14(13)20(21-19(11)18)12-7-9-16(23)17(10-12)26-2/h3-4,6-10,13-14,20-21,23H,5H2,1-2H3. The Bertz CT molecular complexity index is 922. The van der Waals surface area contributed by atoms with Crippen molar-refractivity contribution in [2.75, 3.05) is 12.4 Å². The van der Waals surface area contributed by atoms with E-state index in [9.17, 15) is 15.2 Å². The number of ether oxygens (including phenoxy) is 1. The maximum absolute atomic E-state index is 11.6. The minimum atomic E-state index is -0.299.